The van der Waals surface area contributed by atoms with Crippen LogP contribution in [0.25, 0.3) is 0 Å². The van der Waals surface area contributed by atoms with Gasteiger partial charge in [-0.25, -0.2) is 0 Å². The maximum Gasteiger partial charge on any atom is 0.228 e. The highest BCUT2D eigenvalue weighted by Gasteiger charge is 2.43. The number of carbonyl (C=O) groups excluding carboxylic acids is 1. The average molecular weight is 141 g/mol. The van der Waals surface area contributed by atoms with E-state index in [9.17, 15) is 4.79 Å². The van der Waals surface area contributed by atoms with Crippen LogP contribution in [-0.2, 0) is 4.79 Å². The third kappa shape index (κ3) is 0.917. The van der Waals surface area contributed by atoms with Gasteiger partial charge in [0, 0.05) is 6.54 Å². The lowest BCUT2D eigenvalue weighted by Crippen LogP contribution is -2.58. The van der Waals surface area contributed by atoms with E-state index in [1.54, 1.807) is 0 Å². The fourth-order valence-corrected chi connectivity index (χ4v) is 1.55. The molecule has 1 atom stereocenters. The summed E-state index contributed by atoms with van der Waals surface area (Å²) in [6, 6.07) is 0. The second-order valence-electron chi connectivity index (χ2n) is 3.07. The van der Waals surface area contributed by atoms with E-state index >= 15 is 0 Å². The molecule has 1 saturated heterocycles. The molecule has 0 spiro atoms. The molecule has 0 aromatic rings. The van der Waals surface area contributed by atoms with Crippen LogP contribution in [0.4, 0.5) is 0 Å². The van der Waals surface area contributed by atoms with Crippen molar-refractivity contribution in [2.75, 3.05) is 6.54 Å². The van der Waals surface area contributed by atoms with E-state index in [1.165, 1.54) is 0 Å². The van der Waals surface area contributed by atoms with Gasteiger partial charge >= 0.3 is 0 Å². The number of rotatable bonds is 3. The molecule has 1 N–H and O–H groups in total. The van der Waals surface area contributed by atoms with E-state index in [0.29, 0.717) is 0 Å². The lowest BCUT2D eigenvalue weighted by Gasteiger charge is -2.40. The summed E-state index contributed by atoms with van der Waals surface area (Å²) in [5.74, 6) is 0.261. The van der Waals surface area contributed by atoms with Gasteiger partial charge in [-0.1, -0.05) is 20.3 Å². The van der Waals surface area contributed by atoms with Gasteiger partial charge in [0.2, 0.25) is 5.91 Å². The quantitative estimate of drug-likeness (QED) is 0.590. The Kier molecular flexibility index (Phi) is 1.97. The summed E-state index contributed by atoms with van der Waals surface area (Å²) in [5.41, 5.74) is 0.0226. The second-order valence-corrected chi connectivity index (χ2v) is 3.07. The number of β-lactam (4-membered cyclic amide) rings is 1. The minimum absolute atomic E-state index is 0.0226. The SMILES string of the molecule is CCC[C@@]1(CC)CNC1=O. The van der Waals surface area contributed by atoms with Crippen LogP contribution >= 0.6 is 0 Å². The molecule has 0 aromatic heterocycles. The van der Waals surface area contributed by atoms with Crippen LogP contribution in [0.15, 0.2) is 0 Å². The molecule has 1 aliphatic heterocycles. The predicted molar refractivity (Wildman–Crippen MR) is 40.6 cm³/mol. The Morgan fingerprint density at radius 2 is 2.30 bits per heavy atom. The lowest BCUT2D eigenvalue weighted by molar-refractivity contribution is -0.140. The van der Waals surface area contributed by atoms with E-state index in [4.69, 9.17) is 0 Å². The van der Waals surface area contributed by atoms with E-state index in [0.717, 1.165) is 25.8 Å². The first-order valence-corrected chi connectivity index (χ1v) is 4.03. The highest BCUT2D eigenvalue weighted by molar-refractivity contribution is 5.88. The molecular weight excluding hydrogens is 126 g/mol. The first-order chi connectivity index (χ1) is 4.75. The molecule has 0 aromatic carbocycles. The summed E-state index contributed by atoms with van der Waals surface area (Å²) in [6.07, 6.45) is 3.16. The molecule has 2 heteroatoms. The zero-order chi connectivity index (χ0) is 7.61. The van der Waals surface area contributed by atoms with Gasteiger partial charge in [0.25, 0.3) is 0 Å². The molecular formula is C8H15NO. The summed E-state index contributed by atoms with van der Waals surface area (Å²) in [4.78, 5) is 11.1. The van der Waals surface area contributed by atoms with Crippen molar-refractivity contribution in [1.29, 1.82) is 0 Å². The molecule has 0 radical (unpaired) electrons. The first-order valence-electron chi connectivity index (χ1n) is 4.03. The normalized spacial score (nSPS) is 31.2. The topological polar surface area (TPSA) is 29.1 Å². The van der Waals surface area contributed by atoms with Crippen LogP contribution in [0, 0.1) is 5.41 Å². The van der Waals surface area contributed by atoms with Gasteiger partial charge in [0.1, 0.15) is 0 Å². The Labute approximate surface area is 62.0 Å². The average Bonchev–Trinajstić information content (AvgIpc) is 1.97. The van der Waals surface area contributed by atoms with E-state index in [2.05, 4.69) is 19.2 Å². The standard InChI is InChI=1S/C8H15NO/c1-3-5-8(4-2)6-9-7(8)10/h3-6H2,1-2H3,(H,9,10)/t8-/m0/s1. The molecule has 1 amide bonds. The third-order valence-corrected chi connectivity index (χ3v) is 2.47. The largest absolute Gasteiger partial charge is 0.354 e. The van der Waals surface area contributed by atoms with Crippen LogP contribution in [-0.4, -0.2) is 12.5 Å². The molecule has 58 valence electrons. The molecule has 0 bridgehead atoms. The van der Waals surface area contributed by atoms with Crippen molar-refractivity contribution in [2.45, 2.75) is 33.1 Å². The van der Waals surface area contributed by atoms with Crippen molar-refractivity contribution in [3.8, 4) is 0 Å². The zero-order valence-corrected chi connectivity index (χ0v) is 6.74. The Morgan fingerprint density at radius 3 is 2.40 bits per heavy atom. The van der Waals surface area contributed by atoms with Gasteiger partial charge in [-0.05, 0) is 12.8 Å². The van der Waals surface area contributed by atoms with Crippen LogP contribution in [0.5, 0.6) is 0 Å². The van der Waals surface area contributed by atoms with Gasteiger partial charge in [-0.15, -0.1) is 0 Å². The summed E-state index contributed by atoms with van der Waals surface area (Å²) >= 11 is 0. The van der Waals surface area contributed by atoms with Crippen molar-refractivity contribution in [3.05, 3.63) is 0 Å². The minimum atomic E-state index is 0.0226. The third-order valence-electron chi connectivity index (χ3n) is 2.47. The Hall–Kier alpha value is -0.530. The van der Waals surface area contributed by atoms with Gasteiger partial charge in [0.05, 0.1) is 5.41 Å². The van der Waals surface area contributed by atoms with Gasteiger partial charge in [-0.2, -0.15) is 0 Å². The van der Waals surface area contributed by atoms with E-state index in [-0.39, 0.29) is 11.3 Å². The molecule has 0 unspecified atom stereocenters. The number of hydrogen-bond donors (Lipinski definition) is 1. The zero-order valence-electron chi connectivity index (χ0n) is 6.74. The molecule has 1 heterocycles. The Balaban J connectivity index is 2.51. The number of carbonyl (C=O) groups is 1. The highest BCUT2D eigenvalue weighted by atomic mass is 16.2. The fraction of sp³-hybridized carbons (Fsp3) is 0.875. The van der Waals surface area contributed by atoms with E-state index < -0.39 is 0 Å². The number of amides is 1. The summed E-state index contributed by atoms with van der Waals surface area (Å²) in [7, 11) is 0. The Morgan fingerprint density at radius 1 is 1.60 bits per heavy atom. The summed E-state index contributed by atoms with van der Waals surface area (Å²) in [5, 5.41) is 2.80. The number of nitrogens with one attached hydrogen (secondary N) is 1. The smallest absolute Gasteiger partial charge is 0.228 e. The van der Waals surface area contributed by atoms with Crippen LogP contribution in [0.1, 0.15) is 33.1 Å². The molecule has 10 heavy (non-hydrogen) atoms. The van der Waals surface area contributed by atoms with Crippen molar-refractivity contribution < 1.29 is 4.79 Å². The van der Waals surface area contributed by atoms with Gasteiger partial charge in [-0.3, -0.25) is 4.79 Å². The van der Waals surface area contributed by atoms with Crippen molar-refractivity contribution in [3.63, 3.8) is 0 Å². The van der Waals surface area contributed by atoms with Crippen molar-refractivity contribution in [2.24, 2.45) is 5.41 Å². The second kappa shape index (κ2) is 2.60. The molecule has 2 nitrogen and oxygen atoms in total. The molecule has 1 fully saturated rings. The molecule has 1 rings (SSSR count). The van der Waals surface area contributed by atoms with Gasteiger partial charge in [0.15, 0.2) is 0 Å². The van der Waals surface area contributed by atoms with Crippen LogP contribution in [0.3, 0.4) is 0 Å². The Bertz CT molecular complexity index is 140. The molecule has 1 aliphatic rings. The van der Waals surface area contributed by atoms with Gasteiger partial charge < -0.3 is 5.32 Å². The predicted octanol–water partition coefficient (Wildman–Crippen LogP) is 1.31. The van der Waals surface area contributed by atoms with Crippen LogP contribution < -0.4 is 5.32 Å². The number of hydrogen-bond acceptors (Lipinski definition) is 1. The minimum Gasteiger partial charge on any atom is -0.354 e. The van der Waals surface area contributed by atoms with E-state index in [1.807, 2.05) is 0 Å². The molecule has 0 aliphatic carbocycles. The monoisotopic (exact) mass is 141 g/mol. The molecule has 0 saturated carbocycles. The summed E-state index contributed by atoms with van der Waals surface area (Å²) in [6.45, 7) is 5.12. The summed E-state index contributed by atoms with van der Waals surface area (Å²) < 4.78 is 0. The fourth-order valence-electron chi connectivity index (χ4n) is 1.55. The first kappa shape index (κ1) is 7.58. The van der Waals surface area contributed by atoms with Crippen molar-refractivity contribution in [1.82, 2.24) is 5.32 Å². The van der Waals surface area contributed by atoms with Crippen molar-refractivity contribution >= 4 is 5.91 Å². The highest BCUT2D eigenvalue weighted by Crippen LogP contribution is 2.33. The maximum absolute atomic E-state index is 11.1. The van der Waals surface area contributed by atoms with Crippen LogP contribution in [0.2, 0.25) is 0 Å². The maximum atomic E-state index is 11.1. The lowest BCUT2D eigenvalue weighted by atomic mass is 9.75.